The average Bonchev–Trinajstić information content (AvgIpc) is 2.84. The van der Waals surface area contributed by atoms with Crippen molar-refractivity contribution in [3.8, 4) is 17.2 Å². The number of hydrogen-bond acceptors (Lipinski definition) is 1. The van der Waals surface area contributed by atoms with E-state index in [9.17, 15) is 18.4 Å². The highest BCUT2D eigenvalue weighted by Crippen LogP contribution is 2.36. The Balaban J connectivity index is 2.34. The van der Waals surface area contributed by atoms with E-state index in [0.29, 0.717) is 22.0 Å². The first-order chi connectivity index (χ1) is 10.0. The first-order valence-electron chi connectivity index (χ1n) is 6.19. The van der Waals surface area contributed by atoms with Gasteiger partial charge in [0.1, 0.15) is 11.8 Å². The molecular weight excluding hydrogens is 277 g/mol. The number of halogens is 3. The van der Waals surface area contributed by atoms with Gasteiger partial charge >= 0.3 is 6.18 Å². The van der Waals surface area contributed by atoms with E-state index in [0.717, 1.165) is 12.1 Å². The topological polar surface area (TPSA) is 39.6 Å². The number of H-pyrrole nitrogens is 1. The second-order valence-electron chi connectivity index (χ2n) is 4.61. The van der Waals surface area contributed by atoms with E-state index < -0.39 is 11.7 Å². The molecule has 1 aromatic heterocycles. The van der Waals surface area contributed by atoms with Gasteiger partial charge in [-0.15, -0.1) is 0 Å². The minimum absolute atomic E-state index is 0.260. The fraction of sp³-hybridized carbons (Fsp3) is 0.0625. The SMILES string of the molecule is N#Cc1[nH]c2ccc(C(F)(F)F)cc2c1-c1ccccc1. The van der Waals surface area contributed by atoms with E-state index in [1.54, 1.807) is 24.3 Å². The number of hydrogen-bond donors (Lipinski definition) is 1. The number of benzene rings is 2. The van der Waals surface area contributed by atoms with E-state index in [2.05, 4.69) is 4.98 Å². The van der Waals surface area contributed by atoms with Crippen LogP contribution in [-0.2, 0) is 6.18 Å². The summed E-state index contributed by atoms with van der Waals surface area (Å²) in [5, 5.41) is 9.60. The predicted octanol–water partition coefficient (Wildman–Crippen LogP) is 4.73. The van der Waals surface area contributed by atoms with Crippen molar-refractivity contribution < 1.29 is 13.2 Å². The summed E-state index contributed by atoms with van der Waals surface area (Å²) in [4.78, 5) is 2.86. The van der Waals surface area contributed by atoms with Crippen LogP contribution in [0.5, 0.6) is 0 Å². The molecule has 0 spiro atoms. The van der Waals surface area contributed by atoms with Crippen LogP contribution in [0, 0.1) is 11.3 Å². The molecule has 0 aliphatic carbocycles. The summed E-state index contributed by atoms with van der Waals surface area (Å²) in [6, 6.07) is 14.4. The quantitative estimate of drug-likeness (QED) is 0.690. The van der Waals surface area contributed by atoms with Crippen molar-refractivity contribution in [3.63, 3.8) is 0 Å². The third-order valence-corrected chi connectivity index (χ3v) is 3.30. The lowest BCUT2D eigenvalue weighted by molar-refractivity contribution is -0.137. The molecule has 0 amide bonds. The predicted molar refractivity (Wildman–Crippen MR) is 73.5 cm³/mol. The highest BCUT2D eigenvalue weighted by molar-refractivity contribution is 5.99. The average molecular weight is 286 g/mol. The van der Waals surface area contributed by atoms with E-state index in [1.165, 1.54) is 6.07 Å². The van der Waals surface area contributed by atoms with Crippen LogP contribution in [-0.4, -0.2) is 4.98 Å². The zero-order chi connectivity index (χ0) is 15.0. The molecule has 0 aliphatic heterocycles. The fourth-order valence-corrected chi connectivity index (χ4v) is 2.36. The number of rotatable bonds is 1. The van der Waals surface area contributed by atoms with E-state index in [1.807, 2.05) is 12.1 Å². The number of nitrogens with one attached hydrogen (secondary N) is 1. The smallest absolute Gasteiger partial charge is 0.346 e. The Morgan fingerprint density at radius 3 is 2.33 bits per heavy atom. The molecule has 1 heterocycles. The van der Waals surface area contributed by atoms with Gasteiger partial charge in [0.05, 0.1) is 5.56 Å². The van der Waals surface area contributed by atoms with E-state index in [4.69, 9.17) is 0 Å². The molecule has 21 heavy (non-hydrogen) atoms. The summed E-state index contributed by atoms with van der Waals surface area (Å²) in [7, 11) is 0. The molecular formula is C16H9F3N2. The van der Waals surface area contributed by atoms with Crippen LogP contribution in [0.1, 0.15) is 11.3 Å². The van der Waals surface area contributed by atoms with Gasteiger partial charge in [0.15, 0.2) is 0 Å². The summed E-state index contributed by atoms with van der Waals surface area (Å²) in [5.74, 6) is 0. The number of alkyl halides is 3. The van der Waals surface area contributed by atoms with Crippen molar-refractivity contribution in [3.05, 3.63) is 59.8 Å². The standard InChI is InChI=1S/C16H9F3N2/c17-16(18,19)11-6-7-13-12(8-11)15(14(9-20)21-13)10-4-2-1-3-5-10/h1-8,21H. The number of nitrogens with zero attached hydrogens (tertiary/aromatic N) is 1. The lowest BCUT2D eigenvalue weighted by Crippen LogP contribution is -2.04. The van der Waals surface area contributed by atoms with Crippen LogP contribution in [0.15, 0.2) is 48.5 Å². The van der Waals surface area contributed by atoms with Gasteiger partial charge < -0.3 is 4.98 Å². The molecule has 0 saturated carbocycles. The molecule has 3 aromatic rings. The van der Waals surface area contributed by atoms with Crippen molar-refractivity contribution in [1.82, 2.24) is 4.98 Å². The van der Waals surface area contributed by atoms with Gasteiger partial charge in [-0.05, 0) is 23.8 Å². The zero-order valence-corrected chi connectivity index (χ0v) is 10.7. The Hall–Kier alpha value is -2.74. The number of aromatic nitrogens is 1. The lowest BCUT2D eigenvalue weighted by Gasteiger charge is -2.07. The Bertz CT molecular complexity index is 840. The van der Waals surface area contributed by atoms with Crippen LogP contribution in [0.2, 0.25) is 0 Å². The van der Waals surface area contributed by atoms with Gasteiger partial charge in [0.2, 0.25) is 0 Å². The molecule has 0 unspecified atom stereocenters. The second kappa shape index (κ2) is 4.67. The Labute approximate surface area is 118 Å². The highest BCUT2D eigenvalue weighted by atomic mass is 19.4. The van der Waals surface area contributed by atoms with Crippen molar-refractivity contribution in [1.29, 1.82) is 5.26 Å². The second-order valence-corrected chi connectivity index (χ2v) is 4.61. The number of nitriles is 1. The van der Waals surface area contributed by atoms with Crippen molar-refractivity contribution in [2.24, 2.45) is 0 Å². The third-order valence-electron chi connectivity index (χ3n) is 3.30. The van der Waals surface area contributed by atoms with Gasteiger partial charge in [-0.3, -0.25) is 0 Å². The maximum absolute atomic E-state index is 12.9. The Morgan fingerprint density at radius 1 is 1.00 bits per heavy atom. The van der Waals surface area contributed by atoms with Crippen molar-refractivity contribution >= 4 is 10.9 Å². The molecule has 104 valence electrons. The van der Waals surface area contributed by atoms with E-state index >= 15 is 0 Å². The summed E-state index contributed by atoms with van der Waals surface area (Å²) >= 11 is 0. The van der Waals surface area contributed by atoms with Gasteiger partial charge in [-0.25, -0.2) is 0 Å². The molecule has 2 nitrogen and oxygen atoms in total. The summed E-state index contributed by atoms with van der Waals surface area (Å²) in [6.07, 6.45) is -4.41. The maximum atomic E-state index is 12.9. The van der Waals surface area contributed by atoms with Crippen LogP contribution < -0.4 is 0 Å². The van der Waals surface area contributed by atoms with Crippen molar-refractivity contribution in [2.75, 3.05) is 0 Å². The first-order valence-corrected chi connectivity index (χ1v) is 6.19. The van der Waals surface area contributed by atoms with Crippen LogP contribution in [0.4, 0.5) is 13.2 Å². The normalized spacial score (nSPS) is 11.5. The molecule has 0 fully saturated rings. The molecule has 1 N–H and O–H groups in total. The summed E-state index contributed by atoms with van der Waals surface area (Å²) in [5.41, 5.74) is 1.25. The molecule has 0 aliphatic rings. The molecule has 3 rings (SSSR count). The molecule has 5 heteroatoms. The maximum Gasteiger partial charge on any atom is 0.416 e. The molecule has 0 atom stereocenters. The highest BCUT2D eigenvalue weighted by Gasteiger charge is 2.31. The van der Waals surface area contributed by atoms with Crippen LogP contribution in [0.25, 0.3) is 22.0 Å². The summed E-state index contributed by atoms with van der Waals surface area (Å²) < 4.78 is 38.6. The number of fused-ring (bicyclic) bond motifs is 1. The first kappa shape index (κ1) is 13.3. The zero-order valence-electron chi connectivity index (χ0n) is 10.7. The molecule has 0 saturated heterocycles. The van der Waals surface area contributed by atoms with Gasteiger partial charge in [-0.1, -0.05) is 30.3 Å². The van der Waals surface area contributed by atoms with Gasteiger partial charge in [0, 0.05) is 16.5 Å². The molecule has 2 aromatic carbocycles. The van der Waals surface area contributed by atoms with Gasteiger partial charge in [0.25, 0.3) is 0 Å². The van der Waals surface area contributed by atoms with E-state index in [-0.39, 0.29) is 5.69 Å². The van der Waals surface area contributed by atoms with Crippen molar-refractivity contribution in [2.45, 2.75) is 6.18 Å². The monoisotopic (exact) mass is 286 g/mol. The lowest BCUT2D eigenvalue weighted by atomic mass is 10.0. The minimum Gasteiger partial charge on any atom is -0.346 e. The number of aromatic amines is 1. The molecule has 0 bridgehead atoms. The van der Waals surface area contributed by atoms with Gasteiger partial charge in [-0.2, -0.15) is 18.4 Å². The van der Waals surface area contributed by atoms with Crippen LogP contribution in [0.3, 0.4) is 0 Å². The minimum atomic E-state index is -4.41. The largest absolute Gasteiger partial charge is 0.416 e. The Morgan fingerprint density at radius 2 is 1.71 bits per heavy atom. The summed E-state index contributed by atoms with van der Waals surface area (Å²) in [6.45, 7) is 0. The third kappa shape index (κ3) is 2.25. The van der Waals surface area contributed by atoms with Crippen LogP contribution >= 0.6 is 0 Å². The Kier molecular flexibility index (Phi) is 2.95. The molecule has 0 radical (unpaired) electrons. The fourth-order valence-electron chi connectivity index (χ4n) is 2.36.